The van der Waals surface area contributed by atoms with Gasteiger partial charge in [-0.15, -0.1) is 0 Å². The number of anilines is 1. The molecule has 0 aliphatic rings. The van der Waals surface area contributed by atoms with Gasteiger partial charge in [0.15, 0.2) is 5.11 Å². The van der Waals surface area contributed by atoms with Crippen molar-refractivity contribution in [2.75, 3.05) is 5.32 Å². The van der Waals surface area contributed by atoms with Crippen molar-refractivity contribution in [1.29, 1.82) is 0 Å². The summed E-state index contributed by atoms with van der Waals surface area (Å²) in [5.41, 5.74) is 6.15. The normalized spacial score (nSPS) is 10.0. The minimum Gasteiger partial charge on any atom is -0.478 e. The van der Waals surface area contributed by atoms with Crippen molar-refractivity contribution in [2.24, 2.45) is 5.73 Å². The van der Waals surface area contributed by atoms with Gasteiger partial charge in [0.25, 0.3) is 0 Å². The molecule has 0 spiro atoms. The van der Waals surface area contributed by atoms with E-state index in [1.54, 1.807) is 12.1 Å². The maximum atomic E-state index is 11.3. The van der Waals surface area contributed by atoms with Gasteiger partial charge in [0.05, 0.1) is 5.56 Å². The van der Waals surface area contributed by atoms with Crippen molar-refractivity contribution in [3.05, 3.63) is 54.1 Å². The first-order valence-electron chi connectivity index (χ1n) is 5.73. The summed E-state index contributed by atoms with van der Waals surface area (Å²) in [6, 6.07) is 14.6. The Bertz CT molecular complexity index is 645. The summed E-state index contributed by atoms with van der Waals surface area (Å²) >= 11 is 6.14. The minimum atomic E-state index is -0.991. The van der Waals surface area contributed by atoms with E-state index in [0.29, 0.717) is 10.6 Å². The summed E-state index contributed by atoms with van der Waals surface area (Å²) in [6.45, 7) is 0. The van der Waals surface area contributed by atoms with Gasteiger partial charge in [-0.1, -0.05) is 30.0 Å². The Morgan fingerprint density at radius 1 is 1.20 bits per heavy atom. The summed E-state index contributed by atoms with van der Waals surface area (Å²) in [7, 11) is 0. The quantitative estimate of drug-likeness (QED) is 0.753. The highest BCUT2D eigenvalue weighted by Crippen LogP contribution is 2.31. The number of rotatable bonds is 4. The first-order valence-corrected chi connectivity index (χ1v) is 6.95. The van der Waals surface area contributed by atoms with Crippen LogP contribution in [0.2, 0.25) is 0 Å². The molecule has 2 rings (SSSR count). The zero-order valence-corrected chi connectivity index (χ0v) is 12.0. The molecular weight excluding hydrogens is 292 g/mol. The molecule has 0 heterocycles. The van der Waals surface area contributed by atoms with Crippen LogP contribution in [-0.2, 0) is 0 Å². The maximum absolute atomic E-state index is 11.3. The molecule has 0 amide bonds. The van der Waals surface area contributed by atoms with Crippen molar-refractivity contribution in [1.82, 2.24) is 0 Å². The Hall–Kier alpha value is -2.05. The predicted octanol–water partition coefficient (Wildman–Crippen LogP) is 3.19. The van der Waals surface area contributed by atoms with E-state index < -0.39 is 5.97 Å². The average Bonchev–Trinajstić information content (AvgIpc) is 2.41. The molecule has 0 bridgehead atoms. The van der Waals surface area contributed by atoms with Crippen LogP contribution in [0, 0.1) is 0 Å². The molecule has 4 N–H and O–H groups in total. The second-order valence-corrected chi connectivity index (χ2v) is 5.48. The molecule has 2 aromatic carbocycles. The highest BCUT2D eigenvalue weighted by atomic mass is 32.2. The number of aromatic carboxylic acids is 1. The maximum Gasteiger partial charge on any atom is 0.336 e. The molecule has 0 aromatic heterocycles. The molecule has 0 atom stereocenters. The molecular formula is C14H12N2O2S2. The molecule has 0 aliphatic heterocycles. The zero-order chi connectivity index (χ0) is 14.5. The van der Waals surface area contributed by atoms with Gasteiger partial charge in [-0.05, 0) is 42.5 Å². The predicted molar refractivity (Wildman–Crippen MR) is 84.4 cm³/mol. The Labute approximate surface area is 126 Å². The van der Waals surface area contributed by atoms with E-state index in [1.165, 1.54) is 17.8 Å². The molecule has 2 aromatic rings. The van der Waals surface area contributed by atoms with Crippen molar-refractivity contribution in [3.63, 3.8) is 0 Å². The SMILES string of the molecule is NC(=S)Nc1ccc(Sc2ccccc2)c(C(=O)O)c1. The van der Waals surface area contributed by atoms with E-state index in [1.807, 2.05) is 30.3 Å². The van der Waals surface area contributed by atoms with Crippen LogP contribution in [0.5, 0.6) is 0 Å². The number of nitrogens with one attached hydrogen (secondary N) is 1. The molecule has 0 saturated heterocycles. The largest absolute Gasteiger partial charge is 0.478 e. The van der Waals surface area contributed by atoms with Crippen LogP contribution in [0.1, 0.15) is 10.4 Å². The number of hydrogen-bond donors (Lipinski definition) is 3. The van der Waals surface area contributed by atoms with Gasteiger partial charge in [-0.25, -0.2) is 4.79 Å². The van der Waals surface area contributed by atoms with E-state index in [0.717, 1.165) is 4.90 Å². The fraction of sp³-hybridized carbons (Fsp3) is 0. The first-order chi connectivity index (χ1) is 9.56. The summed E-state index contributed by atoms with van der Waals surface area (Å²) in [4.78, 5) is 13.0. The lowest BCUT2D eigenvalue weighted by Gasteiger charge is -2.09. The highest BCUT2D eigenvalue weighted by Gasteiger charge is 2.12. The van der Waals surface area contributed by atoms with E-state index >= 15 is 0 Å². The second kappa shape index (κ2) is 6.40. The summed E-state index contributed by atoms with van der Waals surface area (Å²) in [6.07, 6.45) is 0. The molecule has 20 heavy (non-hydrogen) atoms. The number of carboxylic acids is 1. The van der Waals surface area contributed by atoms with Gasteiger partial charge in [0.1, 0.15) is 0 Å². The van der Waals surface area contributed by atoms with Crippen LogP contribution in [0.3, 0.4) is 0 Å². The number of nitrogens with two attached hydrogens (primary N) is 1. The fourth-order valence-electron chi connectivity index (χ4n) is 1.62. The molecule has 0 fully saturated rings. The van der Waals surface area contributed by atoms with Crippen LogP contribution < -0.4 is 11.1 Å². The average molecular weight is 304 g/mol. The minimum absolute atomic E-state index is 0.102. The van der Waals surface area contributed by atoms with Crippen molar-refractivity contribution >= 4 is 40.7 Å². The van der Waals surface area contributed by atoms with Crippen molar-refractivity contribution < 1.29 is 9.90 Å². The molecule has 0 unspecified atom stereocenters. The summed E-state index contributed by atoms with van der Waals surface area (Å²) in [5, 5.41) is 12.1. The van der Waals surface area contributed by atoms with Gasteiger partial charge >= 0.3 is 5.97 Å². The van der Waals surface area contributed by atoms with Crippen molar-refractivity contribution in [3.8, 4) is 0 Å². The molecule has 0 aliphatic carbocycles. The molecule has 0 saturated carbocycles. The van der Waals surface area contributed by atoms with E-state index in [2.05, 4.69) is 5.32 Å². The Morgan fingerprint density at radius 2 is 1.90 bits per heavy atom. The number of carboxylic acid groups (broad SMARTS) is 1. The first kappa shape index (κ1) is 14.4. The molecule has 4 nitrogen and oxygen atoms in total. The lowest BCUT2D eigenvalue weighted by Crippen LogP contribution is -2.19. The second-order valence-electron chi connectivity index (χ2n) is 3.92. The Morgan fingerprint density at radius 3 is 2.50 bits per heavy atom. The standard InChI is InChI=1S/C14H12N2O2S2/c15-14(19)16-9-6-7-12(11(8-9)13(17)18)20-10-4-2-1-3-5-10/h1-8H,(H,17,18)(H3,15,16,19). The van der Waals surface area contributed by atoms with E-state index in [-0.39, 0.29) is 10.7 Å². The number of carbonyl (C=O) groups is 1. The van der Waals surface area contributed by atoms with Crippen LogP contribution in [0.4, 0.5) is 5.69 Å². The molecule has 102 valence electrons. The lowest BCUT2D eigenvalue weighted by atomic mass is 10.2. The van der Waals surface area contributed by atoms with Gasteiger partial charge in [-0.2, -0.15) is 0 Å². The van der Waals surface area contributed by atoms with Gasteiger partial charge in [0, 0.05) is 15.5 Å². The topological polar surface area (TPSA) is 75.3 Å². The van der Waals surface area contributed by atoms with Crippen molar-refractivity contribution in [2.45, 2.75) is 9.79 Å². The zero-order valence-electron chi connectivity index (χ0n) is 10.4. The van der Waals surface area contributed by atoms with Gasteiger partial charge < -0.3 is 16.2 Å². The van der Waals surface area contributed by atoms with Crippen LogP contribution in [0.15, 0.2) is 58.3 Å². The van der Waals surface area contributed by atoms with E-state index in [4.69, 9.17) is 18.0 Å². The lowest BCUT2D eigenvalue weighted by molar-refractivity contribution is 0.0693. The van der Waals surface area contributed by atoms with E-state index in [9.17, 15) is 9.90 Å². The number of thiocarbonyl (C=S) groups is 1. The van der Waals surface area contributed by atoms with Gasteiger partial charge in [0.2, 0.25) is 0 Å². The van der Waals surface area contributed by atoms with Crippen LogP contribution in [0.25, 0.3) is 0 Å². The highest BCUT2D eigenvalue weighted by molar-refractivity contribution is 7.99. The fourth-order valence-corrected chi connectivity index (χ4v) is 2.68. The molecule has 0 radical (unpaired) electrons. The number of hydrogen-bond acceptors (Lipinski definition) is 3. The summed E-state index contributed by atoms with van der Waals surface area (Å²) in [5.74, 6) is -0.991. The molecule has 6 heteroatoms. The Balaban J connectivity index is 2.33. The third-order valence-electron chi connectivity index (χ3n) is 2.45. The smallest absolute Gasteiger partial charge is 0.336 e. The monoisotopic (exact) mass is 304 g/mol. The summed E-state index contributed by atoms with van der Waals surface area (Å²) < 4.78 is 0. The van der Waals surface area contributed by atoms with Gasteiger partial charge in [-0.3, -0.25) is 0 Å². The third-order valence-corrected chi connectivity index (χ3v) is 3.63. The van der Waals surface area contributed by atoms with Crippen LogP contribution >= 0.6 is 24.0 Å². The number of benzene rings is 2. The Kier molecular flexibility index (Phi) is 4.60. The van der Waals surface area contributed by atoms with Crippen LogP contribution in [-0.4, -0.2) is 16.2 Å². The third kappa shape index (κ3) is 3.72.